The smallest absolute Gasteiger partial charge is 0.123 e. The molecule has 106 valence electrons. The summed E-state index contributed by atoms with van der Waals surface area (Å²) in [4.78, 5) is 9.74. The lowest BCUT2D eigenvalue weighted by Crippen LogP contribution is -2.45. The number of rotatable bonds is 4. The minimum absolute atomic E-state index is 0.322. The topological polar surface area (TPSA) is 53.2 Å². The van der Waals surface area contributed by atoms with E-state index in [0.29, 0.717) is 6.04 Å². The second-order valence-electron chi connectivity index (χ2n) is 5.01. The average Bonchev–Trinajstić information content (AvgIpc) is 3.01. The van der Waals surface area contributed by atoms with E-state index in [0.717, 1.165) is 37.6 Å². The Morgan fingerprint density at radius 1 is 1.40 bits per heavy atom. The summed E-state index contributed by atoms with van der Waals surface area (Å²) in [7, 11) is 1.73. The summed E-state index contributed by atoms with van der Waals surface area (Å²) in [5, 5.41) is 3.47. The van der Waals surface area contributed by atoms with Crippen LogP contribution in [0.4, 0.5) is 0 Å². The minimum Gasteiger partial charge on any atom is -0.496 e. The molecule has 2 aromatic rings. The molecule has 1 saturated heterocycles. The number of nitrogens with zero attached hydrogens (tertiary/aromatic N) is 2. The number of hydrogen-bond acceptors (Lipinski definition) is 4. The zero-order valence-corrected chi connectivity index (χ0v) is 11.7. The Bertz CT molecular complexity index is 541. The number of ether oxygens (including phenoxy) is 1. The van der Waals surface area contributed by atoms with Crippen molar-refractivity contribution >= 4 is 0 Å². The van der Waals surface area contributed by atoms with Gasteiger partial charge in [0, 0.05) is 43.6 Å². The van der Waals surface area contributed by atoms with Gasteiger partial charge in [0.2, 0.25) is 0 Å². The molecule has 1 atom stereocenters. The predicted molar refractivity (Wildman–Crippen MR) is 77.6 cm³/mol. The van der Waals surface area contributed by atoms with Gasteiger partial charge in [0.15, 0.2) is 0 Å². The van der Waals surface area contributed by atoms with Gasteiger partial charge in [-0.3, -0.25) is 4.90 Å². The van der Waals surface area contributed by atoms with Crippen LogP contribution in [-0.2, 0) is 6.54 Å². The molecule has 3 rings (SSSR count). The quantitative estimate of drug-likeness (QED) is 0.887. The van der Waals surface area contributed by atoms with E-state index in [1.54, 1.807) is 13.4 Å². The highest BCUT2D eigenvalue weighted by Gasteiger charge is 2.26. The monoisotopic (exact) mass is 272 g/mol. The van der Waals surface area contributed by atoms with Gasteiger partial charge in [-0.2, -0.15) is 0 Å². The molecule has 0 amide bonds. The molecule has 5 nitrogen and oxygen atoms in total. The highest BCUT2D eigenvalue weighted by molar-refractivity contribution is 5.36. The molecule has 1 fully saturated rings. The molecule has 0 radical (unpaired) electrons. The van der Waals surface area contributed by atoms with Crippen molar-refractivity contribution in [2.45, 2.75) is 12.6 Å². The third kappa shape index (κ3) is 2.69. The summed E-state index contributed by atoms with van der Waals surface area (Å²) in [5.41, 5.74) is 2.38. The van der Waals surface area contributed by atoms with Crippen molar-refractivity contribution in [2.75, 3.05) is 26.7 Å². The molecule has 2 N–H and O–H groups in total. The lowest BCUT2D eigenvalue weighted by atomic mass is 10.0. The van der Waals surface area contributed by atoms with Gasteiger partial charge in [-0.1, -0.05) is 18.2 Å². The van der Waals surface area contributed by atoms with Crippen molar-refractivity contribution in [2.24, 2.45) is 0 Å². The molecular formula is C15H20N4O. The fourth-order valence-corrected chi connectivity index (χ4v) is 2.77. The van der Waals surface area contributed by atoms with Crippen molar-refractivity contribution in [3.05, 3.63) is 48.0 Å². The second-order valence-corrected chi connectivity index (χ2v) is 5.01. The van der Waals surface area contributed by atoms with E-state index in [2.05, 4.69) is 32.3 Å². The Morgan fingerprint density at radius 2 is 2.30 bits per heavy atom. The summed E-state index contributed by atoms with van der Waals surface area (Å²) in [5.74, 6) is 0.954. The van der Waals surface area contributed by atoms with Gasteiger partial charge in [0.25, 0.3) is 0 Å². The Balaban J connectivity index is 1.84. The third-order valence-electron chi connectivity index (χ3n) is 3.78. The number of piperazine rings is 1. The number of nitrogens with one attached hydrogen (secondary N) is 2. The van der Waals surface area contributed by atoms with Crippen molar-refractivity contribution in [3.63, 3.8) is 0 Å². The molecule has 1 aliphatic rings. The summed E-state index contributed by atoms with van der Waals surface area (Å²) in [6, 6.07) is 8.58. The summed E-state index contributed by atoms with van der Waals surface area (Å²) >= 11 is 0. The number of para-hydroxylation sites is 1. The standard InChI is InChI=1S/C15H20N4O/c1-20-15-5-3-2-4-13(15)14-9-16-6-7-19(14)10-12-8-17-11-18-12/h2-5,8,11,14,16H,6-7,9-10H2,1H3,(H,17,18)/t14-/m0/s1. The largest absolute Gasteiger partial charge is 0.496 e. The van der Waals surface area contributed by atoms with Crippen molar-refractivity contribution < 1.29 is 4.74 Å². The Morgan fingerprint density at radius 3 is 3.10 bits per heavy atom. The molecule has 0 saturated carbocycles. The number of methoxy groups -OCH3 is 1. The Labute approximate surface area is 119 Å². The second kappa shape index (κ2) is 6.07. The zero-order valence-electron chi connectivity index (χ0n) is 11.7. The molecule has 1 aromatic carbocycles. The molecular weight excluding hydrogens is 252 g/mol. The van der Waals surface area contributed by atoms with Crippen LogP contribution in [0.1, 0.15) is 17.3 Å². The SMILES string of the molecule is COc1ccccc1[C@@H]1CNCCN1Cc1cnc[nH]1. The van der Waals surface area contributed by atoms with Crippen LogP contribution in [0.25, 0.3) is 0 Å². The van der Waals surface area contributed by atoms with Crippen LogP contribution in [0.5, 0.6) is 5.75 Å². The van der Waals surface area contributed by atoms with Gasteiger partial charge in [-0.05, 0) is 6.07 Å². The van der Waals surface area contributed by atoms with Gasteiger partial charge in [-0.25, -0.2) is 4.98 Å². The zero-order chi connectivity index (χ0) is 13.8. The van der Waals surface area contributed by atoms with Gasteiger partial charge < -0.3 is 15.0 Å². The Hall–Kier alpha value is -1.85. The average molecular weight is 272 g/mol. The molecule has 1 aromatic heterocycles. The molecule has 5 heteroatoms. The fraction of sp³-hybridized carbons (Fsp3) is 0.400. The predicted octanol–water partition coefficient (Wildman–Crippen LogP) is 1.56. The first-order chi connectivity index (χ1) is 9.88. The van der Waals surface area contributed by atoms with E-state index in [9.17, 15) is 0 Å². The van der Waals surface area contributed by atoms with Crippen molar-refractivity contribution in [1.29, 1.82) is 0 Å². The molecule has 2 heterocycles. The number of aromatic nitrogens is 2. The number of H-pyrrole nitrogens is 1. The molecule has 0 aliphatic carbocycles. The van der Waals surface area contributed by atoms with Crippen LogP contribution in [0.15, 0.2) is 36.8 Å². The van der Waals surface area contributed by atoms with Gasteiger partial charge >= 0.3 is 0 Å². The Kier molecular flexibility index (Phi) is 3.99. The lowest BCUT2D eigenvalue weighted by molar-refractivity contribution is 0.149. The van der Waals surface area contributed by atoms with Gasteiger partial charge in [-0.15, -0.1) is 0 Å². The first-order valence-electron chi connectivity index (χ1n) is 6.93. The number of benzene rings is 1. The van der Waals surface area contributed by atoms with Crippen LogP contribution in [0, 0.1) is 0 Å². The summed E-state index contributed by atoms with van der Waals surface area (Å²) in [6.07, 6.45) is 3.62. The van der Waals surface area contributed by atoms with E-state index < -0.39 is 0 Å². The molecule has 0 spiro atoms. The molecule has 1 aliphatic heterocycles. The highest BCUT2D eigenvalue weighted by Crippen LogP contribution is 2.30. The van der Waals surface area contributed by atoms with Crippen LogP contribution in [0.3, 0.4) is 0 Å². The molecule has 0 unspecified atom stereocenters. The highest BCUT2D eigenvalue weighted by atomic mass is 16.5. The van der Waals surface area contributed by atoms with E-state index in [1.165, 1.54) is 5.56 Å². The molecule has 0 bridgehead atoms. The van der Waals surface area contributed by atoms with Crippen LogP contribution in [0.2, 0.25) is 0 Å². The van der Waals surface area contributed by atoms with Crippen molar-refractivity contribution in [3.8, 4) is 5.75 Å². The normalized spacial score (nSPS) is 19.9. The summed E-state index contributed by atoms with van der Waals surface area (Å²) in [6.45, 7) is 3.85. The van der Waals surface area contributed by atoms with Crippen LogP contribution in [-0.4, -0.2) is 41.6 Å². The third-order valence-corrected chi connectivity index (χ3v) is 3.78. The fourth-order valence-electron chi connectivity index (χ4n) is 2.77. The maximum atomic E-state index is 5.51. The van der Waals surface area contributed by atoms with E-state index in [4.69, 9.17) is 4.74 Å². The first-order valence-corrected chi connectivity index (χ1v) is 6.93. The lowest BCUT2D eigenvalue weighted by Gasteiger charge is -2.36. The molecule has 20 heavy (non-hydrogen) atoms. The van der Waals surface area contributed by atoms with Crippen LogP contribution >= 0.6 is 0 Å². The van der Waals surface area contributed by atoms with E-state index >= 15 is 0 Å². The minimum atomic E-state index is 0.322. The van der Waals surface area contributed by atoms with Gasteiger partial charge in [0.1, 0.15) is 5.75 Å². The van der Waals surface area contributed by atoms with Crippen molar-refractivity contribution in [1.82, 2.24) is 20.2 Å². The number of aromatic amines is 1. The van der Waals surface area contributed by atoms with Gasteiger partial charge in [0.05, 0.1) is 19.5 Å². The number of imidazole rings is 1. The summed E-state index contributed by atoms with van der Waals surface area (Å²) < 4.78 is 5.51. The van der Waals surface area contributed by atoms with E-state index in [-0.39, 0.29) is 0 Å². The van der Waals surface area contributed by atoms with Crippen LogP contribution < -0.4 is 10.1 Å². The maximum absolute atomic E-state index is 5.51. The van der Waals surface area contributed by atoms with E-state index in [1.807, 2.05) is 18.3 Å². The first kappa shape index (κ1) is 13.1. The number of hydrogen-bond donors (Lipinski definition) is 2. The maximum Gasteiger partial charge on any atom is 0.123 e.